The number of hydrogen-bond donors (Lipinski definition) is 1. The van der Waals surface area contributed by atoms with E-state index in [2.05, 4.69) is 17.1 Å². The zero-order chi connectivity index (χ0) is 28.1. The Bertz CT molecular complexity index is 1720. The van der Waals surface area contributed by atoms with Crippen LogP contribution in [0.3, 0.4) is 0 Å². The summed E-state index contributed by atoms with van der Waals surface area (Å²) in [4.78, 5) is 33.0. The van der Waals surface area contributed by atoms with E-state index >= 15 is 0 Å². The summed E-state index contributed by atoms with van der Waals surface area (Å²) in [5.41, 5.74) is 5.93. The number of unbranched alkanes of at least 4 members (excludes halogenated alkanes) is 1. The average Bonchev–Trinajstić information content (AvgIpc) is 3.41. The summed E-state index contributed by atoms with van der Waals surface area (Å²) >= 11 is 0. The third kappa shape index (κ3) is 7.05. The number of aromatic nitrogens is 4. The monoisotopic (exact) mass is 575 g/mol. The minimum absolute atomic E-state index is 0. The zero-order valence-corrected chi connectivity index (χ0v) is 27.1. The van der Waals surface area contributed by atoms with Crippen LogP contribution in [-0.2, 0) is 12.8 Å². The Balaban J connectivity index is 0.00000387. The van der Waals surface area contributed by atoms with Gasteiger partial charge in [0.1, 0.15) is 11.6 Å². The van der Waals surface area contributed by atoms with Crippen LogP contribution in [0.1, 0.15) is 49.3 Å². The molecule has 0 saturated carbocycles. The number of aryl methyl sites for hydroxylation is 2. The summed E-state index contributed by atoms with van der Waals surface area (Å²) in [6.45, 7) is 6.54. The third-order valence-electron chi connectivity index (χ3n) is 6.87. The molecule has 0 unspecified atom stereocenters. The second kappa shape index (κ2) is 14.2. The molecule has 5 rings (SSSR count). The fraction of sp³-hybridized carbons (Fsp3) is 0.250. The smallest absolute Gasteiger partial charge is 0.439 e. The first-order valence-electron chi connectivity index (χ1n) is 13.6. The Hall–Kier alpha value is -3.08. The molecule has 0 bridgehead atoms. The minimum Gasteiger partial charge on any atom is -0.494 e. The van der Waals surface area contributed by atoms with Gasteiger partial charge in [-0.1, -0.05) is 67.0 Å². The molecular weight excluding hydrogens is 543 g/mol. The summed E-state index contributed by atoms with van der Waals surface area (Å²) in [7, 11) is 0. The van der Waals surface area contributed by atoms with Crippen molar-refractivity contribution in [1.29, 1.82) is 0 Å². The third-order valence-corrected chi connectivity index (χ3v) is 6.87. The summed E-state index contributed by atoms with van der Waals surface area (Å²) < 4.78 is 12.0. The van der Waals surface area contributed by atoms with E-state index in [4.69, 9.17) is 14.2 Å². The maximum atomic E-state index is 13.9. The second-order valence-corrected chi connectivity index (χ2v) is 9.62. The Morgan fingerprint density at radius 1 is 0.927 bits per heavy atom. The number of benzene rings is 3. The molecule has 0 spiro atoms. The standard InChI is InChI=1S/C32H32N4O4.K/c1-4-6-11-29-28(31(37)36(21(3)33-29)24-16-18-25(19-17-24)39-5-2)20-22-12-14-23(15-13-22)26-9-7-8-10-27(26)30-34-32(38)40-35-30;/h7-10,12-19H,4-6,11,20H2,1-3H3,(H,34,35,38);. The summed E-state index contributed by atoms with van der Waals surface area (Å²) in [6, 6.07) is 23.3. The molecule has 3 aromatic carbocycles. The molecule has 205 valence electrons. The number of H-pyrrole nitrogens is 1. The SMILES string of the molecule is CCCCc1nc(C)n(-c2ccc(OCC)cc2)c(=O)c1Cc1ccc(-c2ccccc2-c2noc(=O)[nH]2)cc1.[K]. The molecule has 5 aromatic rings. The van der Waals surface area contributed by atoms with Gasteiger partial charge >= 0.3 is 5.76 Å². The van der Waals surface area contributed by atoms with Gasteiger partial charge in [-0.15, -0.1) is 0 Å². The van der Waals surface area contributed by atoms with Gasteiger partial charge in [0.05, 0.1) is 18.0 Å². The first kappa shape index (κ1) is 30.9. The van der Waals surface area contributed by atoms with Crippen LogP contribution in [0.2, 0.25) is 0 Å². The van der Waals surface area contributed by atoms with E-state index in [0.29, 0.717) is 30.2 Å². The van der Waals surface area contributed by atoms with Gasteiger partial charge in [0.2, 0.25) is 0 Å². The van der Waals surface area contributed by atoms with Crippen LogP contribution in [-0.4, -0.2) is 77.7 Å². The van der Waals surface area contributed by atoms with Gasteiger partial charge in [-0.3, -0.25) is 18.9 Å². The van der Waals surface area contributed by atoms with Crippen molar-refractivity contribution in [2.75, 3.05) is 6.61 Å². The molecule has 8 nitrogen and oxygen atoms in total. The number of hydrogen-bond acceptors (Lipinski definition) is 6. The average molecular weight is 576 g/mol. The summed E-state index contributed by atoms with van der Waals surface area (Å²) in [6.07, 6.45) is 3.22. The van der Waals surface area contributed by atoms with Crippen LogP contribution in [0.25, 0.3) is 28.2 Å². The minimum atomic E-state index is -0.596. The molecule has 0 fully saturated rings. The molecular formula is C32H32KN4O4. The van der Waals surface area contributed by atoms with Crippen LogP contribution in [0.15, 0.2) is 86.9 Å². The van der Waals surface area contributed by atoms with Crippen LogP contribution < -0.4 is 16.1 Å². The molecule has 2 aromatic heterocycles. The van der Waals surface area contributed by atoms with E-state index in [1.807, 2.05) is 86.6 Å². The number of aromatic amines is 1. The molecule has 2 heterocycles. The van der Waals surface area contributed by atoms with Gasteiger partial charge in [0.15, 0.2) is 5.82 Å². The summed E-state index contributed by atoms with van der Waals surface area (Å²) in [5, 5.41) is 3.85. The van der Waals surface area contributed by atoms with E-state index in [1.165, 1.54) is 0 Å². The van der Waals surface area contributed by atoms with Crippen LogP contribution >= 0.6 is 0 Å². The number of nitrogens with zero attached hydrogens (tertiary/aromatic N) is 3. The molecule has 1 radical (unpaired) electrons. The second-order valence-electron chi connectivity index (χ2n) is 9.62. The van der Waals surface area contributed by atoms with Crippen molar-refractivity contribution in [3.8, 4) is 34.0 Å². The van der Waals surface area contributed by atoms with Crippen LogP contribution in [0, 0.1) is 6.92 Å². The van der Waals surface area contributed by atoms with E-state index in [-0.39, 0.29) is 56.9 Å². The van der Waals surface area contributed by atoms with E-state index < -0.39 is 5.76 Å². The molecule has 0 saturated heterocycles. The number of ether oxygens (including phenoxy) is 1. The maximum absolute atomic E-state index is 13.9. The Kier molecular flexibility index (Phi) is 10.7. The number of rotatable bonds is 10. The van der Waals surface area contributed by atoms with Crippen LogP contribution in [0.4, 0.5) is 0 Å². The number of nitrogens with one attached hydrogen (secondary N) is 1. The topological polar surface area (TPSA) is 103 Å². The maximum Gasteiger partial charge on any atom is 0.439 e. The van der Waals surface area contributed by atoms with Crippen molar-refractivity contribution >= 4 is 51.4 Å². The van der Waals surface area contributed by atoms with Crippen LogP contribution in [0.5, 0.6) is 5.75 Å². The molecule has 0 aliphatic heterocycles. The van der Waals surface area contributed by atoms with Gasteiger partial charge in [-0.05, 0) is 67.6 Å². The Morgan fingerprint density at radius 2 is 1.63 bits per heavy atom. The molecule has 0 atom stereocenters. The zero-order valence-electron chi connectivity index (χ0n) is 23.9. The van der Waals surface area contributed by atoms with Crippen molar-refractivity contribution in [2.45, 2.75) is 46.5 Å². The molecule has 0 aliphatic rings. The fourth-order valence-electron chi connectivity index (χ4n) is 4.90. The van der Waals surface area contributed by atoms with Crippen molar-refractivity contribution in [1.82, 2.24) is 19.7 Å². The van der Waals surface area contributed by atoms with E-state index in [1.54, 1.807) is 4.57 Å². The largest absolute Gasteiger partial charge is 0.494 e. The molecule has 0 aliphatic carbocycles. The van der Waals surface area contributed by atoms with E-state index in [0.717, 1.165) is 58.6 Å². The first-order chi connectivity index (χ1) is 19.5. The Labute approximate surface area is 281 Å². The van der Waals surface area contributed by atoms with Crippen molar-refractivity contribution < 1.29 is 9.26 Å². The predicted octanol–water partition coefficient (Wildman–Crippen LogP) is 5.50. The molecule has 9 heteroatoms. The van der Waals surface area contributed by atoms with Gasteiger partial charge in [0, 0.05) is 68.9 Å². The fourth-order valence-corrected chi connectivity index (χ4v) is 4.90. The Morgan fingerprint density at radius 3 is 2.27 bits per heavy atom. The molecule has 0 amide bonds. The van der Waals surface area contributed by atoms with Crippen molar-refractivity contribution in [3.05, 3.63) is 116 Å². The molecule has 1 N–H and O–H groups in total. The first-order valence-corrected chi connectivity index (χ1v) is 13.6. The predicted molar refractivity (Wildman–Crippen MR) is 161 cm³/mol. The molecule has 41 heavy (non-hydrogen) atoms. The van der Waals surface area contributed by atoms with Gasteiger partial charge in [-0.2, -0.15) is 0 Å². The quantitative estimate of drug-likeness (QED) is 0.221. The van der Waals surface area contributed by atoms with Gasteiger partial charge in [-0.25, -0.2) is 9.78 Å². The normalized spacial score (nSPS) is 10.8. The summed E-state index contributed by atoms with van der Waals surface area (Å²) in [5.74, 6) is 1.22. The van der Waals surface area contributed by atoms with Gasteiger partial charge < -0.3 is 4.74 Å². The van der Waals surface area contributed by atoms with E-state index in [9.17, 15) is 9.59 Å². The van der Waals surface area contributed by atoms with Crippen molar-refractivity contribution in [2.24, 2.45) is 0 Å². The van der Waals surface area contributed by atoms with Crippen molar-refractivity contribution in [3.63, 3.8) is 0 Å². The van der Waals surface area contributed by atoms with Gasteiger partial charge in [0.25, 0.3) is 5.56 Å².